The minimum atomic E-state index is -0.579. The average Bonchev–Trinajstić information content (AvgIpc) is 2.74. The molecule has 1 aliphatic heterocycles. The predicted octanol–water partition coefficient (Wildman–Crippen LogP) is 4.90. The van der Waals surface area contributed by atoms with E-state index in [1.165, 1.54) is 12.1 Å². The van der Waals surface area contributed by atoms with Gasteiger partial charge in [-0.25, -0.2) is 4.39 Å². The zero-order valence-corrected chi connectivity index (χ0v) is 20.1. The average molecular weight is 456 g/mol. The number of piperidine rings is 1. The molecule has 0 unspecified atom stereocenters. The Morgan fingerprint density at radius 3 is 2.52 bits per heavy atom. The van der Waals surface area contributed by atoms with Gasteiger partial charge >= 0.3 is 0 Å². The van der Waals surface area contributed by atoms with Crippen molar-refractivity contribution in [3.63, 3.8) is 0 Å². The number of aliphatic hydroxyl groups is 1. The lowest BCUT2D eigenvalue weighted by molar-refractivity contribution is -0.115. The quantitative estimate of drug-likeness (QED) is 0.477. The first-order valence-electron chi connectivity index (χ1n) is 12.1. The molecular weight excluding hydrogens is 417 g/mol. The molecule has 0 aromatic heterocycles. The summed E-state index contributed by atoms with van der Waals surface area (Å²) >= 11 is 0. The Morgan fingerprint density at radius 2 is 1.88 bits per heavy atom. The first-order chi connectivity index (χ1) is 15.7. The molecule has 1 amide bonds. The van der Waals surface area contributed by atoms with Crippen LogP contribution in [-0.4, -0.2) is 41.8 Å². The summed E-state index contributed by atoms with van der Waals surface area (Å²) in [4.78, 5) is 14.6. The third kappa shape index (κ3) is 8.78. The minimum absolute atomic E-state index is 0.149. The molecule has 33 heavy (non-hydrogen) atoms. The Balaban J connectivity index is 1.40. The minimum Gasteiger partial charge on any atom is -0.390 e. The highest BCUT2D eigenvalue weighted by Crippen LogP contribution is 2.23. The maximum atomic E-state index is 13.3. The van der Waals surface area contributed by atoms with Crippen molar-refractivity contribution in [2.24, 2.45) is 0 Å². The van der Waals surface area contributed by atoms with E-state index in [1.807, 2.05) is 38.1 Å². The largest absolute Gasteiger partial charge is 0.390 e. The summed E-state index contributed by atoms with van der Waals surface area (Å²) < 4.78 is 13.3. The van der Waals surface area contributed by atoms with E-state index in [0.717, 1.165) is 56.6 Å². The molecule has 1 atom stereocenters. The van der Waals surface area contributed by atoms with Crippen molar-refractivity contribution in [1.29, 1.82) is 0 Å². The summed E-state index contributed by atoms with van der Waals surface area (Å²) in [5.74, 6) is -0.485. The van der Waals surface area contributed by atoms with Gasteiger partial charge in [0.2, 0.25) is 5.91 Å². The van der Waals surface area contributed by atoms with Gasteiger partial charge in [-0.2, -0.15) is 0 Å². The van der Waals surface area contributed by atoms with Gasteiger partial charge in [-0.1, -0.05) is 12.1 Å². The zero-order valence-electron chi connectivity index (χ0n) is 20.1. The van der Waals surface area contributed by atoms with Gasteiger partial charge < -0.3 is 20.6 Å². The van der Waals surface area contributed by atoms with E-state index in [2.05, 4.69) is 22.5 Å². The van der Waals surface area contributed by atoms with Crippen LogP contribution in [0.1, 0.15) is 58.4 Å². The van der Waals surface area contributed by atoms with Gasteiger partial charge in [-0.05, 0) is 94.8 Å². The number of benzene rings is 2. The van der Waals surface area contributed by atoms with Gasteiger partial charge in [0.05, 0.1) is 12.0 Å². The molecule has 180 valence electrons. The van der Waals surface area contributed by atoms with Gasteiger partial charge in [-0.15, -0.1) is 0 Å². The van der Waals surface area contributed by atoms with Crippen LogP contribution in [-0.2, 0) is 11.2 Å². The van der Waals surface area contributed by atoms with Crippen LogP contribution in [0.5, 0.6) is 0 Å². The van der Waals surface area contributed by atoms with Crippen molar-refractivity contribution in [2.45, 2.75) is 77.0 Å². The van der Waals surface area contributed by atoms with Gasteiger partial charge in [0, 0.05) is 36.5 Å². The van der Waals surface area contributed by atoms with Crippen LogP contribution in [0.25, 0.3) is 0 Å². The highest BCUT2D eigenvalue weighted by Gasteiger charge is 2.21. The second-order valence-corrected chi connectivity index (χ2v) is 9.94. The van der Waals surface area contributed by atoms with Crippen molar-refractivity contribution in [3.8, 4) is 0 Å². The van der Waals surface area contributed by atoms with E-state index in [-0.39, 0.29) is 18.1 Å². The van der Waals surface area contributed by atoms with E-state index >= 15 is 0 Å². The zero-order chi connectivity index (χ0) is 23.8. The van der Waals surface area contributed by atoms with Crippen LogP contribution < -0.4 is 15.5 Å². The van der Waals surface area contributed by atoms with E-state index in [4.69, 9.17) is 0 Å². The SMILES string of the molecule is C[C@@H](CCCC(C)(C)O)NC1CCN(c2ccc(NC(=O)Cc3cccc(F)c3)cc2)CC1. The summed E-state index contributed by atoms with van der Waals surface area (Å²) in [6.45, 7) is 7.97. The van der Waals surface area contributed by atoms with Gasteiger partial charge in [0.15, 0.2) is 0 Å². The molecule has 3 N–H and O–H groups in total. The molecule has 0 bridgehead atoms. The molecule has 1 fully saturated rings. The monoisotopic (exact) mass is 455 g/mol. The smallest absolute Gasteiger partial charge is 0.228 e. The summed E-state index contributed by atoms with van der Waals surface area (Å²) in [7, 11) is 0. The van der Waals surface area contributed by atoms with Crippen molar-refractivity contribution < 1.29 is 14.3 Å². The fraction of sp³-hybridized carbons (Fsp3) is 0.519. The summed E-state index contributed by atoms with van der Waals surface area (Å²) in [5.41, 5.74) is 1.99. The number of nitrogens with one attached hydrogen (secondary N) is 2. The third-order valence-corrected chi connectivity index (χ3v) is 6.21. The number of carbonyl (C=O) groups excluding carboxylic acids is 1. The van der Waals surface area contributed by atoms with E-state index in [0.29, 0.717) is 17.6 Å². The highest BCUT2D eigenvalue weighted by atomic mass is 19.1. The van der Waals surface area contributed by atoms with Crippen LogP contribution in [0.15, 0.2) is 48.5 Å². The lowest BCUT2D eigenvalue weighted by Gasteiger charge is -2.35. The number of rotatable bonds is 10. The molecule has 1 heterocycles. The van der Waals surface area contributed by atoms with Crippen molar-refractivity contribution in [3.05, 3.63) is 59.9 Å². The Hall–Kier alpha value is -2.44. The Labute approximate surface area is 197 Å². The van der Waals surface area contributed by atoms with Crippen LogP contribution >= 0.6 is 0 Å². The Kier molecular flexibility index (Phi) is 8.87. The molecule has 0 radical (unpaired) electrons. The first-order valence-corrected chi connectivity index (χ1v) is 12.1. The molecular formula is C27H38FN3O2. The van der Waals surface area contributed by atoms with Crippen molar-refractivity contribution in [2.75, 3.05) is 23.3 Å². The van der Waals surface area contributed by atoms with Crippen molar-refractivity contribution in [1.82, 2.24) is 5.32 Å². The number of halogens is 1. The van der Waals surface area contributed by atoms with Crippen molar-refractivity contribution >= 4 is 17.3 Å². The molecule has 5 nitrogen and oxygen atoms in total. The second kappa shape index (κ2) is 11.6. The van der Waals surface area contributed by atoms with E-state index in [9.17, 15) is 14.3 Å². The summed E-state index contributed by atoms with van der Waals surface area (Å²) in [6, 6.07) is 15.1. The normalized spacial score (nSPS) is 16.0. The standard InChI is InChI=1S/C27H38FN3O2/c1-20(6-5-15-27(2,3)33)29-24-13-16-31(17-14-24)25-11-9-23(10-12-25)30-26(32)19-21-7-4-8-22(28)18-21/h4,7-12,18,20,24,29,33H,5-6,13-17,19H2,1-3H3,(H,30,32)/t20-/m0/s1. The number of hydrogen-bond acceptors (Lipinski definition) is 4. The number of carbonyl (C=O) groups is 1. The van der Waals surface area contributed by atoms with Crippen LogP contribution in [0.4, 0.5) is 15.8 Å². The lowest BCUT2D eigenvalue weighted by Crippen LogP contribution is -2.45. The number of hydrogen-bond donors (Lipinski definition) is 3. The lowest BCUT2D eigenvalue weighted by atomic mass is 9.98. The Morgan fingerprint density at radius 1 is 1.18 bits per heavy atom. The Bertz CT molecular complexity index is 887. The molecule has 3 rings (SSSR count). The molecule has 6 heteroatoms. The molecule has 1 saturated heterocycles. The molecule has 1 aliphatic rings. The van der Waals surface area contributed by atoms with Gasteiger partial charge in [0.25, 0.3) is 0 Å². The number of nitrogens with zero attached hydrogens (tertiary/aromatic N) is 1. The summed E-state index contributed by atoms with van der Waals surface area (Å²) in [5, 5.41) is 16.5. The second-order valence-electron chi connectivity index (χ2n) is 9.94. The number of amides is 1. The third-order valence-electron chi connectivity index (χ3n) is 6.21. The van der Waals surface area contributed by atoms with E-state index < -0.39 is 5.60 Å². The maximum absolute atomic E-state index is 13.3. The van der Waals surface area contributed by atoms with Gasteiger partial charge in [-0.3, -0.25) is 4.79 Å². The topological polar surface area (TPSA) is 64.6 Å². The van der Waals surface area contributed by atoms with Crippen LogP contribution in [0.3, 0.4) is 0 Å². The van der Waals surface area contributed by atoms with Crippen LogP contribution in [0.2, 0.25) is 0 Å². The molecule has 2 aromatic rings. The van der Waals surface area contributed by atoms with Gasteiger partial charge in [0.1, 0.15) is 5.82 Å². The summed E-state index contributed by atoms with van der Waals surface area (Å²) in [6.07, 6.45) is 5.29. The predicted molar refractivity (Wildman–Crippen MR) is 133 cm³/mol. The molecule has 0 saturated carbocycles. The van der Waals surface area contributed by atoms with E-state index in [1.54, 1.807) is 12.1 Å². The number of anilines is 2. The fourth-order valence-corrected chi connectivity index (χ4v) is 4.42. The highest BCUT2D eigenvalue weighted by molar-refractivity contribution is 5.92. The fourth-order valence-electron chi connectivity index (χ4n) is 4.42. The first kappa shape index (κ1) is 25.2. The van der Waals surface area contributed by atoms with Crippen LogP contribution in [0, 0.1) is 5.82 Å². The molecule has 0 aliphatic carbocycles. The molecule has 2 aromatic carbocycles. The maximum Gasteiger partial charge on any atom is 0.228 e. The molecule has 0 spiro atoms.